The predicted molar refractivity (Wildman–Crippen MR) is 101 cm³/mol. The van der Waals surface area contributed by atoms with Crippen LogP contribution in [0.15, 0.2) is 36.7 Å². The van der Waals surface area contributed by atoms with Crippen molar-refractivity contribution in [2.24, 2.45) is 0 Å². The Morgan fingerprint density at radius 2 is 2.04 bits per heavy atom. The molecule has 0 fully saturated rings. The molecule has 0 saturated carbocycles. The van der Waals surface area contributed by atoms with Crippen LogP contribution in [0.3, 0.4) is 0 Å². The number of anilines is 1. The van der Waals surface area contributed by atoms with Gasteiger partial charge in [0.2, 0.25) is 5.95 Å². The summed E-state index contributed by atoms with van der Waals surface area (Å²) in [6, 6.07) is 7.54. The SMILES string of the molecule is CN(C)C(=O)N1CCc2c(cncc2C(=O)Nc2nc3ccccc3[nH]2)C1. The van der Waals surface area contributed by atoms with Crippen LogP contribution in [0.5, 0.6) is 0 Å². The molecule has 2 aromatic heterocycles. The Kier molecular flexibility index (Phi) is 4.23. The first-order valence-corrected chi connectivity index (χ1v) is 8.71. The Hall–Kier alpha value is -3.42. The number of rotatable bonds is 2. The maximum absolute atomic E-state index is 12.8. The van der Waals surface area contributed by atoms with Crippen molar-refractivity contribution in [3.63, 3.8) is 0 Å². The molecule has 4 rings (SSSR count). The van der Waals surface area contributed by atoms with Crippen molar-refractivity contribution in [1.29, 1.82) is 0 Å². The van der Waals surface area contributed by atoms with Crippen LogP contribution in [0.25, 0.3) is 11.0 Å². The number of aromatic nitrogens is 3. The number of fused-ring (bicyclic) bond motifs is 2. The molecular formula is C19H20N6O2. The number of carbonyl (C=O) groups excluding carboxylic acids is 2. The normalized spacial score (nSPS) is 13.3. The number of benzene rings is 1. The highest BCUT2D eigenvalue weighted by Crippen LogP contribution is 2.23. The molecule has 27 heavy (non-hydrogen) atoms. The number of para-hydroxylation sites is 2. The monoisotopic (exact) mass is 364 g/mol. The zero-order chi connectivity index (χ0) is 19.0. The molecule has 8 nitrogen and oxygen atoms in total. The van der Waals surface area contributed by atoms with Crippen molar-refractivity contribution in [3.05, 3.63) is 53.3 Å². The van der Waals surface area contributed by atoms with Gasteiger partial charge in [0.25, 0.3) is 5.91 Å². The molecule has 3 amide bonds. The lowest BCUT2D eigenvalue weighted by Gasteiger charge is -2.31. The first-order valence-electron chi connectivity index (χ1n) is 8.71. The molecule has 1 aromatic carbocycles. The number of hydrogen-bond acceptors (Lipinski definition) is 4. The third-order valence-corrected chi connectivity index (χ3v) is 4.66. The van der Waals surface area contributed by atoms with E-state index in [9.17, 15) is 9.59 Å². The third-order valence-electron chi connectivity index (χ3n) is 4.66. The first-order chi connectivity index (χ1) is 13.0. The number of carbonyl (C=O) groups is 2. The fraction of sp³-hybridized carbons (Fsp3) is 0.263. The van der Waals surface area contributed by atoms with Crippen LogP contribution in [-0.2, 0) is 13.0 Å². The number of nitrogens with one attached hydrogen (secondary N) is 2. The lowest BCUT2D eigenvalue weighted by molar-refractivity contribution is 0.102. The second-order valence-electron chi connectivity index (χ2n) is 6.73. The number of amides is 3. The highest BCUT2D eigenvalue weighted by atomic mass is 16.2. The molecule has 138 valence electrons. The standard InChI is InChI=1S/C19H20N6O2/c1-24(2)19(27)25-8-7-13-12(11-25)9-20-10-14(13)17(26)23-18-21-15-5-3-4-6-16(15)22-18/h3-6,9-10H,7-8,11H2,1-2H3,(H2,21,22,23,26). The Labute approximate surface area is 156 Å². The van der Waals surface area contributed by atoms with Gasteiger partial charge in [0, 0.05) is 39.6 Å². The van der Waals surface area contributed by atoms with Gasteiger partial charge in [-0.3, -0.25) is 15.1 Å². The number of aromatic amines is 1. The van der Waals surface area contributed by atoms with Gasteiger partial charge in [0.05, 0.1) is 16.6 Å². The van der Waals surface area contributed by atoms with E-state index < -0.39 is 0 Å². The maximum atomic E-state index is 12.8. The van der Waals surface area contributed by atoms with Gasteiger partial charge < -0.3 is 14.8 Å². The number of urea groups is 1. The van der Waals surface area contributed by atoms with E-state index >= 15 is 0 Å². The molecule has 2 N–H and O–H groups in total. The summed E-state index contributed by atoms with van der Waals surface area (Å²) in [6.07, 6.45) is 3.91. The van der Waals surface area contributed by atoms with E-state index in [0.29, 0.717) is 31.0 Å². The van der Waals surface area contributed by atoms with Gasteiger partial charge in [-0.2, -0.15) is 0 Å². The Morgan fingerprint density at radius 3 is 2.81 bits per heavy atom. The second-order valence-corrected chi connectivity index (χ2v) is 6.73. The van der Waals surface area contributed by atoms with Gasteiger partial charge in [-0.05, 0) is 29.7 Å². The molecule has 3 heterocycles. The fourth-order valence-electron chi connectivity index (χ4n) is 3.32. The van der Waals surface area contributed by atoms with Crippen molar-refractivity contribution in [2.75, 3.05) is 26.0 Å². The second kappa shape index (κ2) is 6.71. The minimum atomic E-state index is -0.259. The summed E-state index contributed by atoms with van der Waals surface area (Å²) in [4.78, 5) is 40.0. The molecule has 1 aliphatic rings. The van der Waals surface area contributed by atoms with Crippen LogP contribution in [0.4, 0.5) is 10.7 Å². The van der Waals surface area contributed by atoms with E-state index in [1.165, 1.54) is 0 Å². The highest BCUT2D eigenvalue weighted by Gasteiger charge is 2.26. The highest BCUT2D eigenvalue weighted by molar-refractivity contribution is 6.05. The molecule has 0 saturated heterocycles. The maximum Gasteiger partial charge on any atom is 0.319 e. The van der Waals surface area contributed by atoms with Gasteiger partial charge in [0.1, 0.15) is 0 Å². The summed E-state index contributed by atoms with van der Waals surface area (Å²) >= 11 is 0. The number of hydrogen-bond donors (Lipinski definition) is 2. The van der Waals surface area contributed by atoms with Crippen LogP contribution >= 0.6 is 0 Å². The predicted octanol–water partition coefficient (Wildman–Crippen LogP) is 2.25. The molecule has 0 spiro atoms. The van der Waals surface area contributed by atoms with Crippen molar-refractivity contribution < 1.29 is 9.59 Å². The molecule has 1 aliphatic heterocycles. The minimum absolute atomic E-state index is 0.0437. The van der Waals surface area contributed by atoms with Gasteiger partial charge in [-0.15, -0.1) is 0 Å². The van der Waals surface area contributed by atoms with Gasteiger partial charge >= 0.3 is 6.03 Å². The summed E-state index contributed by atoms with van der Waals surface area (Å²) in [7, 11) is 3.46. The Balaban J connectivity index is 1.57. The topological polar surface area (TPSA) is 94.2 Å². The average Bonchev–Trinajstić information content (AvgIpc) is 3.08. The van der Waals surface area contributed by atoms with Crippen molar-refractivity contribution in [2.45, 2.75) is 13.0 Å². The Morgan fingerprint density at radius 1 is 1.22 bits per heavy atom. The Bertz CT molecular complexity index is 993. The molecule has 0 bridgehead atoms. The molecule has 0 radical (unpaired) electrons. The van der Waals surface area contributed by atoms with Crippen LogP contribution in [-0.4, -0.2) is 57.3 Å². The fourth-order valence-corrected chi connectivity index (χ4v) is 3.32. The zero-order valence-electron chi connectivity index (χ0n) is 15.2. The van der Waals surface area contributed by atoms with Crippen LogP contribution in [0.1, 0.15) is 21.5 Å². The van der Waals surface area contributed by atoms with E-state index in [2.05, 4.69) is 20.3 Å². The third kappa shape index (κ3) is 3.21. The lowest BCUT2D eigenvalue weighted by atomic mass is 9.97. The molecule has 8 heteroatoms. The van der Waals surface area contributed by atoms with E-state index in [1.54, 1.807) is 36.3 Å². The summed E-state index contributed by atoms with van der Waals surface area (Å²) in [5, 5.41) is 2.82. The molecule has 0 unspecified atom stereocenters. The van der Waals surface area contributed by atoms with Crippen LogP contribution in [0.2, 0.25) is 0 Å². The van der Waals surface area contributed by atoms with Crippen molar-refractivity contribution in [3.8, 4) is 0 Å². The summed E-state index contributed by atoms with van der Waals surface area (Å²) in [5.41, 5.74) is 4.00. The number of H-pyrrole nitrogens is 1. The van der Waals surface area contributed by atoms with Crippen molar-refractivity contribution in [1.82, 2.24) is 24.8 Å². The van der Waals surface area contributed by atoms with Gasteiger partial charge in [0.15, 0.2) is 0 Å². The quantitative estimate of drug-likeness (QED) is 0.729. The van der Waals surface area contributed by atoms with E-state index in [-0.39, 0.29) is 11.9 Å². The largest absolute Gasteiger partial charge is 0.331 e. The van der Waals surface area contributed by atoms with Crippen molar-refractivity contribution >= 4 is 28.9 Å². The van der Waals surface area contributed by atoms with Crippen LogP contribution in [0, 0.1) is 0 Å². The number of imidazole rings is 1. The van der Waals surface area contributed by atoms with Gasteiger partial charge in [-0.1, -0.05) is 12.1 Å². The molecule has 0 aliphatic carbocycles. The van der Waals surface area contributed by atoms with Crippen LogP contribution < -0.4 is 5.32 Å². The number of nitrogens with zero attached hydrogens (tertiary/aromatic N) is 4. The lowest BCUT2D eigenvalue weighted by Crippen LogP contribution is -2.42. The minimum Gasteiger partial charge on any atom is -0.331 e. The van der Waals surface area contributed by atoms with E-state index in [1.807, 2.05) is 24.3 Å². The molecular weight excluding hydrogens is 344 g/mol. The summed E-state index contributed by atoms with van der Waals surface area (Å²) < 4.78 is 0. The summed E-state index contributed by atoms with van der Waals surface area (Å²) in [6.45, 7) is 1.02. The molecule has 0 atom stereocenters. The van der Waals surface area contributed by atoms with E-state index in [4.69, 9.17) is 0 Å². The van der Waals surface area contributed by atoms with Gasteiger partial charge in [-0.25, -0.2) is 9.78 Å². The summed E-state index contributed by atoms with van der Waals surface area (Å²) in [5.74, 6) is 0.143. The average molecular weight is 364 g/mol. The first kappa shape index (κ1) is 17.0. The smallest absolute Gasteiger partial charge is 0.319 e. The molecule has 3 aromatic rings. The zero-order valence-corrected chi connectivity index (χ0v) is 15.2. The van der Waals surface area contributed by atoms with E-state index in [0.717, 1.165) is 22.2 Å². The number of pyridine rings is 1.